The maximum atomic E-state index is 5.78. The first-order valence-electron chi connectivity index (χ1n) is 6.90. The molecule has 0 saturated carbocycles. The smallest absolute Gasteiger partial charge is 0.122 e. The number of aryl methyl sites for hydroxylation is 1. The van der Waals surface area contributed by atoms with Crippen LogP contribution in [0.5, 0.6) is 5.75 Å². The van der Waals surface area contributed by atoms with Crippen molar-refractivity contribution in [2.75, 3.05) is 7.11 Å². The van der Waals surface area contributed by atoms with Gasteiger partial charge in [-0.05, 0) is 53.8 Å². The number of methoxy groups -OCH3 is 1. The molecular formula is C16H20BrN3O. The zero-order valence-electron chi connectivity index (χ0n) is 12.3. The molecule has 3 N–H and O–H groups in total. The Morgan fingerprint density at radius 3 is 2.81 bits per heavy atom. The first kappa shape index (κ1) is 15.9. The Morgan fingerprint density at radius 2 is 2.14 bits per heavy atom. The Morgan fingerprint density at radius 1 is 1.33 bits per heavy atom. The molecule has 4 nitrogen and oxygen atoms in total. The number of nitrogens with one attached hydrogen (secondary N) is 1. The summed E-state index contributed by atoms with van der Waals surface area (Å²) in [4.78, 5) is 4.19. The van der Waals surface area contributed by atoms with Crippen LogP contribution in [0, 0.1) is 0 Å². The van der Waals surface area contributed by atoms with E-state index in [9.17, 15) is 0 Å². The highest BCUT2D eigenvalue weighted by Crippen LogP contribution is 2.28. The van der Waals surface area contributed by atoms with Gasteiger partial charge in [-0.15, -0.1) is 0 Å². The molecule has 5 heteroatoms. The summed E-state index contributed by atoms with van der Waals surface area (Å²) in [7, 11) is 1.68. The van der Waals surface area contributed by atoms with Gasteiger partial charge < -0.3 is 4.74 Å². The lowest BCUT2D eigenvalue weighted by Crippen LogP contribution is -2.30. The van der Waals surface area contributed by atoms with Crippen molar-refractivity contribution >= 4 is 15.9 Å². The molecule has 0 spiro atoms. The van der Waals surface area contributed by atoms with Crippen molar-refractivity contribution in [1.29, 1.82) is 0 Å². The quantitative estimate of drug-likeness (QED) is 0.621. The summed E-state index contributed by atoms with van der Waals surface area (Å²) in [6, 6.07) is 8.03. The first-order chi connectivity index (χ1) is 10.2. The van der Waals surface area contributed by atoms with E-state index in [0.717, 1.165) is 28.6 Å². The van der Waals surface area contributed by atoms with E-state index in [0.29, 0.717) is 0 Å². The highest BCUT2D eigenvalue weighted by molar-refractivity contribution is 9.10. The lowest BCUT2D eigenvalue weighted by Gasteiger charge is -2.20. The normalized spacial score (nSPS) is 12.2. The number of hydrogen-bond acceptors (Lipinski definition) is 4. The van der Waals surface area contributed by atoms with Crippen LogP contribution in [0.2, 0.25) is 0 Å². The van der Waals surface area contributed by atoms with E-state index in [1.807, 2.05) is 24.4 Å². The van der Waals surface area contributed by atoms with Crippen LogP contribution in [0.15, 0.2) is 41.1 Å². The Balaban J connectivity index is 2.33. The predicted octanol–water partition coefficient (Wildman–Crippen LogP) is 3.16. The van der Waals surface area contributed by atoms with Crippen LogP contribution in [0.4, 0.5) is 0 Å². The van der Waals surface area contributed by atoms with Gasteiger partial charge in [-0.25, -0.2) is 0 Å². The van der Waals surface area contributed by atoms with Crippen molar-refractivity contribution in [1.82, 2.24) is 10.4 Å². The number of halogens is 1. The molecule has 21 heavy (non-hydrogen) atoms. The van der Waals surface area contributed by atoms with Crippen molar-refractivity contribution in [3.8, 4) is 5.75 Å². The van der Waals surface area contributed by atoms with Crippen molar-refractivity contribution in [3.63, 3.8) is 0 Å². The molecule has 0 aliphatic heterocycles. The first-order valence-corrected chi connectivity index (χ1v) is 7.70. The Hall–Kier alpha value is -1.43. The van der Waals surface area contributed by atoms with Gasteiger partial charge in [0.15, 0.2) is 0 Å². The zero-order valence-corrected chi connectivity index (χ0v) is 13.9. The summed E-state index contributed by atoms with van der Waals surface area (Å²) in [6.07, 6.45) is 5.38. The van der Waals surface area contributed by atoms with Gasteiger partial charge in [-0.3, -0.25) is 16.3 Å². The van der Waals surface area contributed by atoms with Gasteiger partial charge in [-0.2, -0.15) is 0 Å². The van der Waals surface area contributed by atoms with E-state index in [4.69, 9.17) is 10.6 Å². The molecule has 0 radical (unpaired) electrons. The SMILES string of the molecule is CCc1cnccc1C(Cc1cc(Br)ccc1OC)NN. The Bertz CT molecular complexity index is 604. The molecule has 0 aliphatic rings. The lowest BCUT2D eigenvalue weighted by molar-refractivity contribution is 0.405. The van der Waals surface area contributed by atoms with Gasteiger partial charge >= 0.3 is 0 Å². The number of ether oxygens (including phenoxy) is 1. The number of hydrogen-bond donors (Lipinski definition) is 2. The average molecular weight is 350 g/mol. The van der Waals surface area contributed by atoms with E-state index in [-0.39, 0.29) is 6.04 Å². The molecular weight excluding hydrogens is 330 g/mol. The Kier molecular flexibility index (Phi) is 5.73. The maximum absolute atomic E-state index is 5.78. The van der Waals surface area contributed by atoms with Gasteiger partial charge in [0, 0.05) is 16.9 Å². The largest absolute Gasteiger partial charge is 0.496 e. The molecule has 2 aromatic rings. The molecule has 1 heterocycles. The van der Waals surface area contributed by atoms with Crippen molar-refractivity contribution < 1.29 is 4.74 Å². The average Bonchev–Trinajstić information content (AvgIpc) is 2.52. The minimum Gasteiger partial charge on any atom is -0.496 e. The second kappa shape index (κ2) is 7.54. The van der Waals surface area contributed by atoms with Crippen LogP contribution < -0.4 is 16.0 Å². The second-order valence-corrected chi connectivity index (χ2v) is 5.72. The van der Waals surface area contributed by atoms with Gasteiger partial charge in [0.25, 0.3) is 0 Å². The molecule has 0 fully saturated rings. The molecule has 1 unspecified atom stereocenters. The van der Waals surface area contributed by atoms with E-state index >= 15 is 0 Å². The van der Waals surface area contributed by atoms with Gasteiger partial charge in [0.05, 0.1) is 13.2 Å². The summed E-state index contributed by atoms with van der Waals surface area (Å²) in [6.45, 7) is 2.12. The van der Waals surface area contributed by atoms with Crippen LogP contribution in [0.3, 0.4) is 0 Å². The predicted molar refractivity (Wildman–Crippen MR) is 88.1 cm³/mol. The van der Waals surface area contributed by atoms with Crippen LogP contribution in [-0.4, -0.2) is 12.1 Å². The number of pyridine rings is 1. The van der Waals surface area contributed by atoms with Crippen molar-refractivity contribution in [2.24, 2.45) is 5.84 Å². The van der Waals surface area contributed by atoms with Gasteiger partial charge in [-0.1, -0.05) is 22.9 Å². The van der Waals surface area contributed by atoms with Gasteiger partial charge in [0.1, 0.15) is 5.75 Å². The zero-order chi connectivity index (χ0) is 15.2. The lowest BCUT2D eigenvalue weighted by atomic mass is 9.95. The number of aromatic nitrogens is 1. The van der Waals surface area contributed by atoms with E-state index in [1.165, 1.54) is 11.1 Å². The summed E-state index contributed by atoms with van der Waals surface area (Å²) < 4.78 is 6.46. The third-order valence-corrected chi connectivity index (χ3v) is 4.06. The fraction of sp³-hybridized carbons (Fsp3) is 0.312. The second-order valence-electron chi connectivity index (χ2n) is 4.81. The minimum absolute atomic E-state index is 0.0196. The minimum atomic E-state index is 0.0196. The molecule has 1 aromatic heterocycles. The molecule has 0 amide bonds. The molecule has 112 valence electrons. The molecule has 1 aromatic carbocycles. The number of rotatable bonds is 6. The topological polar surface area (TPSA) is 60.2 Å². The highest BCUT2D eigenvalue weighted by Gasteiger charge is 2.16. The van der Waals surface area contributed by atoms with E-state index in [2.05, 4.69) is 39.3 Å². The summed E-state index contributed by atoms with van der Waals surface area (Å²) in [5.74, 6) is 6.65. The van der Waals surface area contributed by atoms with Crippen LogP contribution in [0.1, 0.15) is 29.7 Å². The monoisotopic (exact) mass is 349 g/mol. The van der Waals surface area contributed by atoms with Crippen molar-refractivity contribution in [2.45, 2.75) is 25.8 Å². The fourth-order valence-corrected chi connectivity index (χ4v) is 2.87. The standard InChI is InChI=1S/C16H20BrN3O/c1-3-11-10-19-7-6-14(11)15(20-18)9-12-8-13(17)4-5-16(12)21-2/h4-8,10,15,20H,3,9,18H2,1-2H3. The number of nitrogens with zero attached hydrogens (tertiary/aromatic N) is 1. The summed E-state index contributed by atoms with van der Waals surface area (Å²) >= 11 is 3.50. The molecule has 0 aliphatic carbocycles. The maximum Gasteiger partial charge on any atom is 0.122 e. The fourth-order valence-electron chi connectivity index (χ4n) is 2.46. The molecule has 1 atom stereocenters. The van der Waals surface area contributed by atoms with Crippen LogP contribution in [0.25, 0.3) is 0 Å². The highest BCUT2D eigenvalue weighted by atomic mass is 79.9. The number of benzene rings is 1. The van der Waals surface area contributed by atoms with E-state index < -0.39 is 0 Å². The molecule has 2 rings (SSSR count). The molecule has 0 saturated heterocycles. The van der Waals surface area contributed by atoms with Crippen LogP contribution in [-0.2, 0) is 12.8 Å². The molecule has 0 bridgehead atoms. The van der Waals surface area contributed by atoms with Crippen molar-refractivity contribution in [3.05, 3.63) is 57.8 Å². The third-order valence-electron chi connectivity index (χ3n) is 3.57. The van der Waals surface area contributed by atoms with E-state index in [1.54, 1.807) is 13.3 Å². The van der Waals surface area contributed by atoms with Crippen LogP contribution >= 0.6 is 15.9 Å². The number of nitrogens with two attached hydrogens (primary N) is 1. The summed E-state index contributed by atoms with van der Waals surface area (Å²) in [5, 5.41) is 0. The number of hydrazine groups is 1. The Labute approximate surface area is 133 Å². The van der Waals surface area contributed by atoms with Gasteiger partial charge in [0.2, 0.25) is 0 Å². The summed E-state index contributed by atoms with van der Waals surface area (Å²) in [5.41, 5.74) is 6.40. The third kappa shape index (κ3) is 3.81.